The first kappa shape index (κ1) is 42.6. The quantitative estimate of drug-likeness (QED) is 0.0428. The highest BCUT2D eigenvalue weighted by Crippen LogP contribution is 2.47. The summed E-state index contributed by atoms with van der Waals surface area (Å²) in [5, 5.41) is 25.5. The fraction of sp³-hybridized carbons (Fsp3) is 0.372. The molecule has 0 unspecified atom stereocenters. The Morgan fingerprint density at radius 3 is 2.48 bits per heavy atom. The lowest BCUT2D eigenvalue weighted by Gasteiger charge is -2.31. The van der Waals surface area contributed by atoms with Crippen molar-refractivity contribution >= 4 is 46.3 Å². The molecular weight excluding hydrogens is 794 g/mol. The van der Waals surface area contributed by atoms with Crippen LogP contribution >= 0.6 is 0 Å². The number of aromatic nitrogens is 1. The third-order valence-corrected chi connectivity index (χ3v) is 11.5. The number of benzene rings is 3. The van der Waals surface area contributed by atoms with Crippen molar-refractivity contribution in [3.05, 3.63) is 104 Å². The number of fused-ring (bicyclic) bond motifs is 5. The van der Waals surface area contributed by atoms with Gasteiger partial charge in [0.15, 0.2) is 5.60 Å². The highest BCUT2D eigenvalue weighted by atomic mass is 19.1. The number of esters is 1. The van der Waals surface area contributed by atoms with Crippen molar-refractivity contribution < 1.29 is 47.7 Å². The molecule has 3 heterocycles. The zero-order valence-electron chi connectivity index (χ0n) is 33.6. The minimum Gasteiger partial charge on any atom is -0.458 e. The number of nitrogens with two attached hydrogens (primary N) is 1. The standard InChI is InChI=1S/C43H46FN7O10/c1-3-43(59)29-14-33-26-12-24-13-30(44)22(2)25-9-10-31(39(38(24)25)27(26)18-51(33)41(57)28(29)19-61-42(43)58)49-37(55)20-60-21-48-35(53)16-47-40(56)32(11-23-7-5-4-6-8-23)50-36(54)17-46-34(52)15-45/h4-8,12-14,31-32,59H,3,9-11,15-21,45H2,1-2H3,(H,46,52)(H,47,56)(H,48,53)(H,49,55)(H,50,54)/t31-,32-,43-/m0/s1. The van der Waals surface area contributed by atoms with E-state index in [9.17, 15) is 38.7 Å². The summed E-state index contributed by atoms with van der Waals surface area (Å²) in [6.07, 6.45) is 0.972. The first-order valence-corrected chi connectivity index (χ1v) is 19.9. The van der Waals surface area contributed by atoms with Gasteiger partial charge in [0.05, 0.1) is 43.5 Å². The number of carbonyl (C=O) groups is 6. The van der Waals surface area contributed by atoms with E-state index in [-0.39, 0.29) is 56.2 Å². The smallest absolute Gasteiger partial charge is 0.343 e. The third kappa shape index (κ3) is 8.46. The van der Waals surface area contributed by atoms with Gasteiger partial charge in [-0.3, -0.25) is 28.8 Å². The van der Waals surface area contributed by atoms with Gasteiger partial charge in [0, 0.05) is 17.5 Å². The number of carbonyl (C=O) groups excluding carboxylic acids is 6. The number of hydrogen-bond acceptors (Lipinski definition) is 11. The van der Waals surface area contributed by atoms with Gasteiger partial charge in [0.2, 0.25) is 29.5 Å². The zero-order valence-corrected chi connectivity index (χ0v) is 33.6. The minimum atomic E-state index is -2.01. The average molecular weight is 840 g/mol. The molecule has 1 aliphatic carbocycles. The van der Waals surface area contributed by atoms with Crippen LogP contribution in [0.4, 0.5) is 4.39 Å². The monoisotopic (exact) mass is 839 g/mol. The Morgan fingerprint density at radius 1 is 0.984 bits per heavy atom. The molecule has 0 bridgehead atoms. The first-order chi connectivity index (χ1) is 29.2. The van der Waals surface area contributed by atoms with E-state index < -0.39 is 78.4 Å². The summed E-state index contributed by atoms with van der Waals surface area (Å²) >= 11 is 0. The van der Waals surface area contributed by atoms with E-state index in [1.165, 1.54) is 6.07 Å². The second-order valence-corrected chi connectivity index (χ2v) is 15.2. The number of hydrogen-bond donors (Lipinski definition) is 7. The van der Waals surface area contributed by atoms with Crippen LogP contribution in [0.15, 0.2) is 53.3 Å². The van der Waals surface area contributed by atoms with Crippen LogP contribution in [0.25, 0.3) is 22.0 Å². The number of nitrogens with one attached hydrogen (secondary N) is 5. The Kier molecular flexibility index (Phi) is 12.3. The van der Waals surface area contributed by atoms with Crippen LogP contribution in [-0.2, 0) is 69.8 Å². The van der Waals surface area contributed by atoms with Crippen LogP contribution < -0.4 is 37.9 Å². The number of amides is 5. The molecule has 5 amide bonds. The van der Waals surface area contributed by atoms with Crippen molar-refractivity contribution in [1.29, 1.82) is 0 Å². The minimum absolute atomic E-state index is 0.0152. The van der Waals surface area contributed by atoms with E-state index in [0.29, 0.717) is 35.0 Å². The maximum atomic E-state index is 15.3. The average Bonchev–Trinajstić information content (AvgIpc) is 3.63. The van der Waals surface area contributed by atoms with E-state index >= 15 is 4.39 Å². The maximum absolute atomic E-state index is 15.3. The normalized spacial score (nSPS) is 17.6. The lowest BCUT2D eigenvalue weighted by molar-refractivity contribution is -0.172. The Balaban J connectivity index is 1.00. The second-order valence-electron chi connectivity index (χ2n) is 15.2. The second kappa shape index (κ2) is 17.6. The molecule has 18 heteroatoms. The fourth-order valence-electron chi connectivity index (χ4n) is 8.32. The fourth-order valence-corrected chi connectivity index (χ4v) is 8.32. The van der Waals surface area contributed by atoms with E-state index in [1.807, 2.05) is 0 Å². The molecule has 3 atom stereocenters. The summed E-state index contributed by atoms with van der Waals surface area (Å²) in [7, 11) is 0. The molecule has 2 aliphatic heterocycles. The summed E-state index contributed by atoms with van der Waals surface area (Å²) in [5.41, 5.74) is 7.78. The van der Waals surface area contributed by atoms with Crippen LogP contribution in [0.2, 0.25) is 0 Å². The molecule has 7 rings (SSSR count). The highest BCUT2D eigenvalue weighted by Gasteiger charge is 2.45. The van der Waals surface area contributed by atoms with Crippen LogP contribution in [0.5, 0.6) is 0 Å². The number of rotatable bonds is 15. The van der Waals surface area contributed by atoms with Gasteiger partial charge < -0.3 is 51.5 Å². The molecular formula is C43H46FN7O10. The van der Waals surface area contributed by atoms with Gasteiger partial charge in [-0.1, -0.05) is 37.3 Å². The van der Waals surface area contributed by atoms with Crippen molar-refractivity contribution in [2.24, 2.45) is 5.73 Å². The van der Waals surface area contributed by atoms with Gasteiger partial charge >= 0.3 is 5.97 Å². The molecule has 0 saturated carbocycles. The van der Waals surface area contributed by atoms with Crippen molar-refractivity contribution in [1.82, 2.24) is 31.2 Å². The summed E-state index contributed by atoms with van der Waals surface area (Å²) in [4.78, 5) is 89.6. The summed E-state index contributed by atoms with van der Waals surface area (Å²) < 4.78 is 27.5. The van der Waals surface area contributed by atoms with Gasteiger partial charge in [-0.2, -0.15) is 0 Å². The van der Waals surface area contributed by atoms with E-state index in [4.69, 9.17) is 15.2 Å². The molecule has 61 heavy (non-hydrogen) atoms. The number of nitrogens with zero attached hydrogens (tertiary/aromatic N) is 1. The SMILES string of the molecule is CC[C@@]1(O)C(=O)OCc2c1cc1n(c2=O)Cc2c-1cc1cc(F)c(C)c3c1c2[C@@H](NC(=O)COCNC(=O)CNC(=O)[C@H](Cc1ccccc1)NC(=O)CNC(=O)CN)CC3. The number of ether oxygens (including phenoxy) is 2. The lowest BCUT2D eigenvalue weighted by atomic mass is 9.79. The molecule has 0 radical (unpaired) electrons. The molecule has 3 aliphatic rings. The van der Waals surface area contributed by atoms with Crippen LogP contribution in [-0.4, -0.2) is 84.2 Å². The number of aryl methyl sites for hydroxylation is 1. The number of cyclic esters (lactones) is 1. The van der Waals surface area contributed by atoms with Gasteiger partial charge in [0.1, 0.15) is 31.8 Å². The Morgan fingerprint density at radius 2 is 1.74 bits per heavy atom. The Labute approximate surface area is 348 Å². The van der Waals surface area contributed by atoms with Crippen molar-refractivity contribution in [3.63, 3.8) is 0 Å². The number of aliphatic hydroxyl groups is 1. The number of halogens is 1. The molecule has 320 valence electrons. The molecule has 17 nitrogen and oxygen atoms in total. The van der Waals surface area contributed by atoms with Crippen LogP contribution in [0, 0.1) is 12.7 Å². The highest BCUT2D eigenvalue weighted by molar-refractivity contribution is 5.98. The topological polar surface area (TPSA) is 249 Å². The van der Waals surface area contributed by atoms with Gasteiger partial charge in [-0.15, -0.1) is 0 Å². The van der Waals surface area contributed by atoms with E-state index in [2.05, 4.69) is 26.6 Å². The molecule has 8 N–H and O–H groups in total. The molecule has 0 fully saturated rings. The predicted molar refractivity (Wildman–Crippen MR) is 217 cm³/mol. The Bertz CT molecular complexity index is 2530. The molecule has 1 aromatic heterocycles. The van der Waals surface area contributed by atoms with Crippen molar-refractivity contribution in [3.8, 4) is 11.3 Å². The maximum Gasteiger partial charge on any atom is 0.343 e. The summed E-state index contributed by atoms with van der Waals surface area (Å²) in [6, 6.07) is 12.1. The molecule has 0 saturated heterocycles. The van der Waals surface area contributed by atoms with Gasteiger partial charge in [-0.25, -0.2) is 9.18 Å². The van der Waals surface area contributed by atoms with Crippen LogP contribution in [0.3, 0.4) is 0 Å². The van der Waals surface area contributed by atoms with E-state index in [1.54, 1.807) is 60.9 Å². The Hall–Kier alpha value is -6.50. The van der Waals surface area contributed by atoms with E-state index in [0.717, 1.165) is 27.6 Å². The van der Waals surface area contributed by atoms with Gasteiger partial charge in [-0.05, 0) is 83.0 Å². The largest absolute Gasteiger partial charge is 0.458 e. The summed E-state index contributed by atoms with van der Waals surface area (Å²) in [6.45, 7) is 1.19. The van der Waals surface area contributed by atoms with Gasteiger partial charge in [0.25, 0.3) is 5.56 Å². The predicted octanol–water partition coefficient (Wildman–Crippen LogP) is 0.245. The third-order valence-electron chi connectivity index (χ3n) is 11.5. The molecule has 0 spiro atoms. The van der Waals surface area contributed by atoms with Crippen molar-refractivity contribution in [2.45, 2.75) is 70.4 Å². The van der Waals surface area contributed by atoms with Crippen LogP contribution in [0.1, 0.15) is 64.8 Å². The number of pyridine rings is 1. The first-order valence-electron chi connectivity index (χ1n) is 19.9. The van der Waals surface area contributed by atoms with Crippen molar-refractivity contribution in [2.75, 3.05) is 33.0 Å². The molecule has 4 aromatic rings. The summed E-state index contributed by atoms with van der Waals surface area (Å²) in [5.74, 6) is -4.18. The lowest BCUT2D eigenvalue weighted by Crippen LogP contribution is -2.52. The molecule has 3 aromatic carbocycles. The zero-order chi connectivity index (χ0) is 43.6.